The van der Waals surface area contributed by atoms with Gasteiger partial charge >= 0.3 is 0 Å². The van der Waals surface area contributed by atoms with Gasteiger partial charge in [0, 0.05) is 17.0 Å². The molecule has 0 fully saturated rings. The SMILES string of the molecule is COc1cccc2c1CC[C@@H](c1ccccc1)C2=O. The van der Waals surface area contributed by atoms with Crippen LogP contribution < -0.4 is 4.74 Å². The van der Waals surface area contributed by atoms with E-state index in [1.165, 1.54) is 0 Å². The molecule has 0 radical (unpaired) electrons. The Kier molecular flexibility index (Phi) is 3.08. The first-order valence-electron chi connectivity index (χ1n) is 6.56. The molecule has 0 unspecified atom stereocenters. The number of fused-ring (bicyclic) bond motifs is 1. The number of Topliss-reactive ketones (excluding diaryl/α,β-unsaturated/α-hetero) is 1. The highest BCUT2D eigenvalue weighted by molar-refractivity contribution is 6.03. The molecule has 2 aromatic carbocycles. The maximum absolute atomic E-state index is 12.6. The summed E-state index contributed by atoms with van der Waals surface area (Å²) in [5, 5.41) is 0. The minimum atomic E-state index is -0.0131. The number of benzene rings is 2. The van der Waals surface area contributed by atoms with Gasteiger partial charge in [0.15, 0.2) is 5.78 Å². The van der Waals surface area contributed by atoms with Gasteiger partial charge in [-0.1, -0.05) is 42.5 Å². The van der Waals surface area contributed by atoms with Crippen molar-refractivity contribution in [2.45, 2.75) is 18.8 Å². The highest BCUT2D eigenvalue weighted by atomic mass is 16.5. The third kappa shape index (κ3) is 2.03. The van der Waals surface area contributed by atoms with E-state index in [1.807, 2.05) is 48.5 Å². The van der Waals surface area contributed by atoms with Crippen molar-refractivity contribution in [3.63, 3.8) is 0 Å². The van der Waals surface area contributed by atoms with Gasteiger partial charge < -0.3 is 4.74 Å². The minimum Gasteiger partial charge on any atom is -0.496 e. The Bertz CT molecular complexity index is 602. The zero-order valence-electron chi connectivity index (χ0n) is 10.9. The molecule has 0 aromatic heterocycles. The number of carbonyl (C=O) groups is 1. The van der Waals surface area contributed by atoms with Crippen LogP contribution in [0.5, 0.6) is 5.75 Å². The van der Waals surface area contributed by atoms with Crippen LogP contribution in [0, 0.1) is 0 Å². The van der Waals surface area contributed by atoms with Gasteiger partial charge in [-0.2, -0.15) is 0 Å². The van der Waals surface area contributed by atoms with Crippen LogP contribution in [0.15, 0.2) is 48.5 Å². The van der Waals surface area contributed by atoms with E-state index in [1.54, 1.807) is 7.11 Å². The van der Waals surface area contributed by atoms with E-state index >= 15 is 0 Å². The van der Waals surface area contributed by atoms with Crippen molar-refractivity contribution < 1.29 is 9.53 Å². The average molecular weight is 252 g/mol. The standard InChI is InChI=1S/C17H16O2/c1-19-16-9-5-8-15-14(16)11-10-13(17(15)18)12-6-3-2-4-7-12/h2-9,13H,10-11H2,1H3/t13-/m0/s1. The average Bonchev–Trinajstić information content (AvgIpc) is 2.48. The van der Waals surface area contributed by atoms with Gasteiger partial charge in [-0.25, -0.2) is 0 Å². The zero-order chi connectivity index (χ0) is 13.2. The second-order valence-electron chi connectivity index (χ2n) is 4.85. The molecule has 0 N–H and O–H groups in total. The number of hydrogen-bond donors (Lipinski definition) is 0. The molecular weight excluding hydrogens is 236 g/mol. The minimum absolute atomic E-state index is 0.0131. The Morgan fingerprint density at radius 3 is 2.58 bits per heavy atom. The molecule has 2 nitrogen and oxygen atoms in total. The number of carbonyl (C=O) groups excluding carboxylic acids is 1. The van der Waals surface area contributed by atoms with Gasteiger partial charge in [-0.05, 0) is 24.5 Å². The topological polar surface area (TPSA) is 26.3 Å². The maximum Gasteiger partial charge on any atom is 0.170 e. The van der Waals surface area contributed by atoms with Gasteiger partial charge in [0.2, 0.25) is 0 Å². The third-order valence-electron chi connectivity index (χ3n) is 3.82. The summed E-state index contributed by atoms with van der Waals surface area (Å²) in [6.07, 6.45) is 1.75. The van der Waals surface area contributed by atoms with Crippen molar-refractivity contribution in [2.24, 2.45) is 0 Å². The number of hydrogen-bond acceptors (Lipinski definition) is 2. The monoisotopic (exact) mass is 252 g/mol. The van der Waals surface area contributed by atoms with Crippen LogP contribution >= 0.6 is 0 Å². The van der Waals surface area contributed by atoms with Crippen molar-refractivity contribution in [1.29, 1.82) is 0 Å². The van der Waals surface area contributed by atoms with Crippen LogP contribution in [-0.4, -0.2) is 12.9 Å². The molecule has 1 aliphatic carbocycles. The molecule has 2 heteroatoms. The fourth-order valence-corrected chi connectivity index (χ4v) is 2.86. The Morgan fingerprint density at radius 2 is 1.84 bits per heavy atom. The van der Waals surface area contributed by atoms with Gasteiger partial charge in [0.05, 0.1) is 7.11 Å². The molecule has 0 saturated carbocycles. The van der Waals surface area contributed by atoms with Crippen LogP contribution in [0.3, 0.4) is 0 Å². The quantitative estimate of drug-likeness (QED) is 0.816. The summed E-state index contributed by atoms with van der Waals surface area (Å²) in [6.45, 7) is 0. The molecule has 0 saturated heterocycles. The number of ketones is 1. The molecule has 0 bridgehead atoms. The molecule has 0 amide bonds. The van der Waals surface area contributed by atoms with Crippen LogP contribution in [0.1, 0.15) is 33.8 Å². The lowest BCUT2D eigenvalue weighted by Crippen LogP contribution is -2.21. The van der Waals surface area contributed by atoms with Crippen LogP contribution in [0.2, 0.25) is 0 Å². The highest BCUT2D eigenvalue weighted by Gasteiger charge is 2.29. The molecule has 19 heavy (non-hydrogen) atoms. The Hall–Kier alpha value is -2.09. The van der Waals surface area contributed by atoms with Crippen molar-refractivity contribution in [3.8, 4) is 5.75 Å². The van der Waals surface area contributed by atoms with Gasteiger partial charge in [0.25, 0.3) is 0 Å². The van der Waals surface area contributed by atoms with Crippen molar-refractivity contribution in [1.82, 2.24) is 0 Å². The van der Waals surface area contributed by atoms with E-state index in [2.05, 4.69) is 0 Å². The smallest absolute Gasteiger partial charge is 0.170 e. The lowest BCUT2D eigenvalue weighted by molar-refractivity contribution is 0.0945. The molecule has 96 valence electrons. The predicted octanol–water partition coefficient (Wildman–Crippen LogP) is 3.61. The summed E-state index contributed by atoms with van der Waals surface area (Å²) in [5.41, 5.74) is 2.99. The van der Waals surface area contributed by atoms with E-state index in [4.69, 9.17) is 4.74 Å². The summed E-state index contributed by atoms with van der Waals surface area (Å²) in [7, 11) is 1.66. The highest BCUT2D eigenvalue weighted by Crippen LogP contribution is 2.36. The first kappa shape index (κ1) is 12.0. The van der Waals surface area contributed by atoms with Crippen molar-refractivity contribution in [2.75, 3.05) is 7.11 Å². The fraction of sp³-hybridized carbons (Fsp3) is 0.235. The van der Waals surface area contributed by atoms with E-state index in [9.17, 15) is 4.79 Å². The maximum atomic E-state index is 12.6. The summed E-state index contributed by atoms with van der Waals surface area (Å²) in [6, 6.07) is 15.8. The number of methoxy groups -OCH3 is 1. The van der Waals surface area contributed by atoms with E-state index in [0.717, 1.165) is 35.3 Å². The Labute approximate surface area is 113 Å². The fourth-order valence-electron chi connectivity index (χ4n) is 2.86. The second kappa shape index (κ2) is 4.88. The first-order valence-corrected chi connectivity index (χ1v) is 6.56. The molecular formula is C17H16O2. The Morgan fingerprint density at radius 1 is 1.05 bits per heavy atom. The number of rotatable bonds is 2. The largest absolute Gasteiger partial charge is 0.496 e. The molecule has 0 heterocycles. The molecule has 1 aliphatic rings. The van der Waals surface area contributed by atoms with Gasteiger partial charge in [-0.15, -0.1) is 0 Å². The third-order valence-corrected chi connectivity index (χ3v) is 3.82. The summed E-state index contributed by atoms with van der Waals surface area (Å²) in [5.74, 6) is 1.03. The molecule has 0 spiro atoms. The normalized spacial score (nSPS) is 17.9. The molecule has 2 aromatic rings. The molecule has 0 aliphatic heterocycles. The lowest BCUT2D eigenvalue weighted by atomic mass is 9.79. The zero-order valence-corrected chi connectivity index (χ0v) is 10.9. The molecule has 3 rings (SSSR count). The van der Waals surface area contributed by atoms with Crippen molar-refractivity contribution in [3.05, 3.63) is 65.2 Å². The van der Waals surface area contributed by atoms with Crippen LogP contribution in [0.4, 0.5) is 0 Å². The van der Waals surface area contributed by atoms with Gasteiger partial charge in [0.1, 0.15) is 5.75 Å². The lowest BCUT2D eigenvalue weighted by Gasteiger charge is -2.25. The summed E-state index contributed by atoms with van der Waals surface area (Å²) >= 11 is 0. The van der Waals surface area contributed by atoms with E-state index in [0.29, 0.717) is 0 Å². The van der Waals surface area contributed by atoms with Crippen LogP contribution in [0.25, 0.3) is 0 Å². The van der Waals surface area contributed by atoms with Crippen molar-refractivity contribution >= 4 is 5.78 Å². The second-order valence-corrected chi connectivity index (χ2v) is 4.85. The first-order chi connectivity index (χ1) is 9.31. The number of ether oxygens (including phenoxy) is 1. The summed E-state index contributed by atoms with van der Waals surface area (Å²) in [4.78, 5) is 12.6. The van der Waals surface area contributed by atoms with Gasteiger partial charge in [-0.3, -0.25) is 4.79 Å². The van der Waals surface area contributed by atoms with E-state index < -0.39 is 0 Å². The predicted molar refractivity (Wildman–Crippen MR) is 74.8 cm³/mol. The molecule has 1 atom stereocenters. The summed E-state index contributed by atoms with van der Waals surface area (Å²) < 4.78 is 5.35. The Balaban J connectivity index is 2.01. The van der Waals surface area contributed by atoms with Crippen LogP contribution in [-0.2, 0) is 6.42 Å². The van der Waals surface area contributed by atoms with E-state index in [-0.39, 0.29) is 11.7 Å².